The van der Waals surface area contributed by atoms with Gasteiger partial charge in [0.05, 0.1) is 44.4 Å². The smallest absolute Gasteiger partial charge is 0.416 e. The SMILES string of the molecule is C[N+]1(CCOC(c2cccc(C(F)(F)F)c2)c2cccc(C(F)(F)F)c2)CCC2(CC1)CNC(=O)O2.[I-]. The first-order chi connectivity index (χ1) is 16.8. The molecule has 2 saturated heterocycles. The van der Waals surface area contributed by atoms with E-state index in [1.807, 2.05) is 7.05 Å². The average molecular weight is 644 g/mol. The number of benzene rings is 2. The lowest BCUT2D eigenvalue weighted by molar-refractivity contribution is -0.916. The summed E-state index contributed by atoms with van der Waals surface area (Å²) in [7, 11) is 2.00. The number of likely N-dealkylation sites (N-methyl/N-ethyl adjacent to an activating group) is 1. The van der Waals surface area contributed by atoms with Crippen LogP contribution in [0.4, 0.5) is 31.1 Å². The van der Waals surface area contributed by atoms with Crippen molar-refractivity contribution in [3.63, 3.8) is 0 Å². The summed E-state index contributed by atoms with van der Waals surface area (Å²) in [6.45, 7) is 2.44. The number of quaternary nitrogens is 1. The molecule has 1 amide bonds. The van der Waals surface area contributed by atoms with Crippen LogP contribution in [0.2, 0.25) is 0 Å². The van der Waals surface area contributed by atoms with Crippen molar-refractivity contribution in [3.05, 3.63) is 70.8 Å². The lowest BCUT2D eigenvalue weighted by Crippen LogP contribution is -3.00. The van der Waals surface area contributed by atoms with Crippen LogP contribution < -0.4 is 29.3 Å². The molecule has 2 fully saturated rings. The minimum absolute atomic E-state index is 0. The molecular formula is C25H27F6IN2O3. The number of ether oxygens (including phenoxy) is 2. The highest BCUT2D eigenvalue weighted by Crippen LogP contribution is 2.37. The second-order valence-electron chi connectivity index (χ2n) is 9.71. The fourth-order valence-corrected chi connectivity index (χ4v) is 4.72. The molecule has 0 atom stereocenters. The van der Waals surface area contributed by atoms with Gasteiger partial charge in [0, 0.05) is 12.8 Å². The van der Waals surface area contributed by atoms with Gasteiger partial charge in [-0.3, -0.25) is 0 Å². The summed E-state index contributed by atoms with van der Waals surface area (Å²) < 4.78 is 92.0. The Morgan fingerprint density at radius 2 is 1.49 bits per heavy atom. The molecule has 2 heterocycles. The molecule has 0 radical (unpaired) electrons. The quantitative estimate of drug-likeness (QED) is 0.299. The first-order valence-electron chi connectivity index (χ1n) is 11.6. The molecule has 204 valence electrons. The lowest BCUT2D eigenvalue weighted by atomic mass is 9.90. The fraction of sp³-hybridized carbons (Fsp3) is 0.480. The largest absolute Gasteiger partial charge is 1.00 e. The van der Waals surface area contributed by atoms with Crippen molar-refractivity contribution in [1.82, 2.24) is 5.32 Å². The van der Waals surface area contributed by atoms with Gasteiger partial charge in [0.25, 0.3) is 0 Å². The van der Waals surface area contributed by atoms with Gasteiger partial charge in [-0.05, 0) is 35.4 Å². The Hall–Kier alpha value is -2.06. The normalized spacial score (nSPS) is 24.1. The molecule has 0 saturated carbocycles. The van der Waals surface area contributed by atoms with Crippen LogP contribution in [0.3, 0.4) is 0 Å². The average Bonchev–Trinajstić information content (AvgIpc) is 3.19. The summed E-state index contributed by atoms with van der Waals surface area (Å²) in [5, 5.41) is 2.68. The molecule has 0 aliphatic carbocycles. The van der Waals surface area contributed by atoms with Crippen LogP contribution >= 0.6 is 0 Å². The Kier molecular flexibility index (Phi) is 8.74. The third-order valence-corrected chi connectivity index (χ3v) is 7.03. The fourth-order valence-electron chi connectivity index (χ4n) is 4.72. The number of halogens is 7. The van der Waals surface area contributed by atoms with Crippen molar-refractivity contribution in [2.75, 3.05) is 39.8 Å². The topological polar surface area (TPSA) is 47.6 Å². The Morgan fingerprint density at radius 3 is 1.92 bits per heavy atom. The Morgan fingerprint density at radius 1 is 0.973 bits per heavy atom. The van der Waals surface area contributed by atoms with Crippen LogP contribution in [0.15, 0.2) is 48.5 Å². The maximum absolute atomic E-state index is 13.3. The van der Waals surface area contributed by atoms with Gasteiger partial charge in [-0.15, -0.1) is 0 Å². The van der Waals surface area contributed by atoms with E-state index in [2.05, 4.69) is 5.32 Å². The summed E-state index contributed by atoms with van der Waals surface area (Å²) in [6.07, 6.45) is -9.46. The second kappa shape index (κ2) is 11.0. The summed E-state index contributed by atoms with van der Waals surface area (Å²) in [5.74, 6) is 0. The van der Waals surface area contributed by atoms with E-state index in [1.54, 1.807) is 0 Å². The molecule has 1 spiro atoms. The van der Waals surface area contributed by atoms with Gasteiger partial charge < -0.3 is 43.3 Å². The molecule has 37 heavy (non-hydrogen) atoms. The monoisotopic (exact) mass is 644 g/mol. The Bertz CT molecular complexity index is 1040. The minimum atomic E-state index is -4.60. The third kappa shape index (κ3) is 7.08. The molecule has 4 rings (SSSR count). The molecule has 5 nitrogen and oxygen atoms in total. The first-order valence-corrected chi connectivity index (χ1v) is 11.6. The van der Waals surface area contributed by atoms with Crippen LogP contribution in [-0.2, 0) is 21.8 Å². The van der Waals surface area contributed by atoms with Gasteiger partial charge >= 0.3 is 18.4 Å². The van der Waals surface area contributed by atoms with E-state index in [9.17, 15) is 31.1 Å². The van der Waals surface area contributed by atoms with E-state index >= 15 is 0 Å². The predicted octanol–water partition coefficient (Wildman–Crippen LogP) is 2.55. The molecule has 0 aromatic heterocycles. The number of hydrogen-bond acceptors (Lipinski definition) is 3. The van der Waals surface area contributed by atoms with E-state index < -0.39 is 41.3 Å². The van der Waals surface area contributed by atoms with Crippen LogP contribution in [0.5, 0.6) is 0 Å². The zero-order valence-electron chi connectivity index (χ0n) is 20.0. The summed E-state index contributed by atoms with van der Waals surface area (Å²) in [4.78, 5) is 11.5. The van der Waals surface area contributed by atoms with Gasteiger partial charge in [-0.1, -0.05) is 24.3 Å². The number of carbonyl (C=O) groups excluding carboxylic acids is 1. The van der Waals surface area contributed by atoms with E-state index in [4.69, 9.17) is 9.47 Å². The molecule has 2 aromatic rings. The molecule has 12 heteroatoms. The molecule has 2 aromatic carbocycles. The Labute approximate surface area is 227 Å². The van der Waals surface area contributed by atoms with Crippen molar-refractivity contribution in [2.45, 2.75) is 36.9 Å². The highest BCUT2D eigenvalue weighted by atomic mass is 127. The third-order valence-electron chi connectivity index (χ3n) is 7.03. The highest BCUT2D eigenvalue weighted by Gasteiger charge is 2.47. The molecule has 0 unspecified atom stereocenters. The minimum Gasteiger partial charge on any atom is -1.00 e. The van der Waals surface area contributed by atoms with Crippen LogP contribution in [0, 0.1) is 0 Å². The maximum atomic E-state index is 13.3. The van der Waals surface area contributed by atoms with Crippen molar-refractivity contribution in [3.8, 4) is 0 Å². The van der Waals surface area contributed by atoms with E-state index in [1.165, 1.54) is 24.3 Å². The zero-order chi connectivity index (χ0) is 26.2. The number of rotatable bonds is 6. The molecule has 1 N–H and O–H groups in total. The summed E-state index contributed by atoms with van der Waals surface area (Å²) in [5.41, 5.74) is -2.09. The number of alkyl carbamates (subject to hydrolysis) is 1. The predicted molar refractivity (Wildman–Crippen MR) is 118 cm³/mol. The number of hydrogen-bond donors (Lipinski definition) is 1. The summed E-state index contributed by atoms with van der Waals surface area (Å²) in [6, 6.07) is 8.92. The van der Waals surface area contributed by atoms with Gasteiger partial charge in [0.15, 0.2) is 0 Å². The number of amides is 1. The van der Waals surface area contributed by atoms with Crippen molar-refractivity contribution in [1.29, 1.82) is 0 Å². The number of carbonyl (C=O) groups is 1. The van der Waals surface area contributed by atoms with Crippen molar-refractivity contribution in [2.24, 2.45) is 0 Å². The van der Waals surface area contributed by atoms with E-state index in [0.717, 1.165) is 24.3 Å². The Balaban J connectivity index is 0.00000380. The van der Waals surface area contributed by atoms with Crippen molar-refractivity contribution < 1.29 is 69.1 Å². The van der Waals surface area contributed by atoms with Crippen molar-refractivity contribution >= 4 is 6.09 Å². The summed E-state index contributed by atoms with van der Waals surface area (Å²) >= 11 is 0. The number of nitrogens with one attached hydrogen (secondary N) is 1. The van der Waals surface area contributed by atoms with E-state index in [0.29, 0.717) is 43.5 Å². The standard InChI is InChI=1S/C25H26F6N2O3.HI/c1-33(10-8-23(9-11-33)16-32-22(34)36-23)12-13-35-21(17-4-2-6-19(14-17)24(26,27)28)18-5-3-7-20(15-18)25(29,30)31;/h2-7,14-15,21H,8-13,16H2,1H3;1H. The lowest BCUT2D eigenvalue weighted by Gasteiger charge is -2.43. The highest BCUT2D eigenvalue weighted by molar-refractivity contribution is 5.70. The van der Waals surface area contributed by atoms with Crippen LogP contribution in [0.25, 0.3) is 0 Å². The first kappa shape index (κ1) is 29.5. The van der Waals surface area contributed by atoms with Crippen LogP contribution in [-0.4, -0.2) is 56.0 Å². The molecule has 0 bridgehead atoms. The number of nitrogens with zero attached hydrogens (tertiary/aromatic N) is 1. The van der Waals surface area contributed by atoms with E-state index in [-0.39, 0.29) is 41.7 Å². The maximum Gasteiger partial charge on any atom is 0.416 e. The molecular weight excluding hydrogens is 617 g/mol. The van der Waals surface area contributed by atoms with Gasteiger partial charge in [0.2, 0.25) is 0 Å². The van der Waals surface area contributed by atoms with Gasteiger partial charge in [-0.2, -0.15) is 26.3 Å². The number of piperidine rings is 1. The number of likely N-dealkylation sites (tertiary alicyclic amines) is 1. The van der Waals surface area contributed by atoms with Crippen LogP contribution in [0.1, 0.15) is 41.2 Å². The zero-order valence-corrected chi connectivity index (χ0v) is 22.1. The molecule has 2 aliphatic heterocycles. The molecule has 2 aliphatic rings. The second-order valence-corrected chi connectivity index (χ2v) is 9.71. The number of alkyl halides is 6. The van der Waals surface area contributed by atoms with Gasteiger partial charge in [-0.25, -0.2) is 4.79 Å². The van der Waals surface area contributed by atoms with Gasteiger partial charge in [0.1, 0.15) is 18.2 Å².